The van der Waals surface area contributed by atoms with Crippen molar-refractivity contribution in [2.45, 2.75) is 31.1 Å². The molecule has 216 valence electrons. The maximum absolute atomic E-state index is 13.8. The minimum absolute atomic E-state index is 0.00353. The number of aliphatic hydroxyl groups excluding tert-OH is 1. The summed E-state index contributed by atoms with van der Waals surface area (Å²) < 4.78 is 64.3. The third-order valence-electron chi connectivity index (χ3n) is 6.20. The fourth-order valence-corrected chi connectivity index (χ4v) is 4.07. The number of hydrogen-bond acceptors (Lipinski definition) is 6. The number of benzene rings is 3. The van der Waals surface area contributed by atoms with Crippen molar-refractivity contribution in [3.63, 3.8) is 0 Å². The van der Waals surface area contributed by atoms with Crippen molar-refractivity contribution < 1.29 is 36.9 Å². The fraction of sp³-hybridized carbons (Fsp3) is 0.267. The normalized spacial score (nSPS) is 16.9. The molecule has 3 aromatic rings. The van der Waals surface area contributed by atoms with E-state index < -0.39 is 29.0 Å². The zero-order valence-corrected chi connectivity index (χ0v) is 22.0. The predicted octanol–water partition coefficient (Wildman–Crippen LogP) is 5.05. The van der Waals surface area contributed by atoms with Gasteiger partial charge in [0, 0.05) is 31.6 Å². The summed E-state index contributed by atoms with van der Waals surface area (Å²) in [6.07, 6.45) is -0.391. The quantitative estimate of drug-likeness (QED) is 0.161. The molecule has 11 heteroatoms. The van der Waals surface area contributed by atoms with Crippen molar-refractivity contribution >= 4 is 17.9 Å². The monoisotopic (exact) mass is 571 g/mol. The van der Waals surface area contributed by atoms with Gasteiger partial charge in [0.15, 0.2) is 5.54 Å². The van der Waals surface area contributed by atoms with Crippen LogP contribution in [0.3, 0.4) is 0 Å². The lowest BCUT2D eigenvalue weighted by Crippen LogP contribution is -2.51. The van der Waals surface area contributed by atoms with Gasteiger partial charge < -0.3 is 14.6 Å². The molecule has 0 aromatic heterocycles. The van der Waals surface area contributed by atoms with Crippen molar-refractivity contribution in [3.8, 4) is 5.75 Å². The van der Waals surface area contributed by atoms with E-state index in [1.807, 2.05) is 36.4 Å². The number of halogens is 4. The molecule has 7 nitrogen and oxygen atoms in total. The summed E-state index contributed by atoms with van der Waals surface area (Å²) in [4.78, 5) is 18.0. The largest absolute Gasteiger partial charge is 0.494 e. The van der Waals surface area contributed by atoms with E-state index in [0.717, 1.165) is 17.7 Å². The number of carbonyl (C=O) groups is 1. The first-order valence-corrected chi connectivity index (χ1v) is 12.9. The van der Waals surface area contributed by atoms with Crippen molar-refractivity contribution in [1.82, 2.24) is 10.9 Å². The number of ether oxygens (including phenoxy) is 2. The van der Waals surface area contributed by atoms with Gasteiger partial charge >= 0.3 is 6.18 Å². The van der Waals surface area contributed by atoms with Crippen molar-refractivity contribution in [2.75, 3.05) is 19.8 Å². The van der Waals surface area contributed by atoms with Gasteiger partial charge in [0.25, 0.3) is 5.91 Å². The number of hydrazine groups is 1. The number of nitrogens with zero attached hydrogens (tertiary/aromatic N) is 1. The Kier molecular flexibility index (Phi) is 9.74. The zero-order valence-electron chi connectivity index (χ0n) is 22.0. The lowest BCUT2D eigenvalue weighted by atomic mass is 9.95. The molecule has 0 unspecified atom stereocenters. The summed E-state index contributed by atoms with van der Waals surface area (Å²) in [5.74, 6) is -0.753. The smallest absolute Gasteiger partial charge is 0.416 e. The first-order valence-electron chi connectivity index (χ1n) is 12.9. The Balaban J connectivity index is 1.49. The highest BCUT2D eigenvalue weighted by Gasteiger charge is 2.43. The highest BCUT2D eigenvalue weighted by atomic mass is 19.4. The molecule has 0 saturated heterocycles. The third kappa shape index (κ3) is 8.15. The Hall–Kier alpha value is -4.22. The number of aliphatic imine (C=N–C) groups is 1. The Morgan fingerprint density at radius 1 is 1.10 bits per heavy atom. The highest BCUT2D eigenvalue weighted by molar-refractivity contribution is 6.00. The summed E-state index contributed by atoms with van der Waals surface area (Å²) in [5.41, 5.74) is 4.14. The van der Waals surface area contributed by atoms with E-state index in [4.69, 9.17) is 14.6 Å². The van der Waals surface area contributed by atoms with Gasteiger partial charge in [-0.15, -0.1) is 0 Å². The molecule has 0 saturated carbocycles. The molecule has 1 heterocycles. The second kappa shape index (κ2) is 13.4. The van der Waals surface area contributed by atoms with Gasteiger partial charge in [0.2, 0.25) is 5.90 Å². The van der Waals surface area contributed by atoms with E-state index in [2.05, 4.69) is 15.8 Å². The lowest BCUT2D eigenvalue weighted by Gasteiger charge is -2.22. The summed E-state index contributed by atoms with van der Waals surface area (Å²) in [6.45, 7) is 0.0569. The molecule has 1 amide bonds. The Bertz CT molecular complexity index is 1380. The van der Waals surface area contributed by atoms with Crippen LogP contribution in [0.25, 0.3) is 6.08 Å². The Labute approximate surface area is 234 Å². The standard InChI is InChI=1S/C30H29F4N3O4/c31-25-17-22(16-24(18-25)30(32,33)34)19-35-37-28(39)29(13-4-8-21-6-2-1-3-7-21)20-41-27(36-29)23-9-11-26(12-10-23)40-15-5-14-38/h1-4,6-12,16-18,35,38H,5,13-15,19-20H2,(H,37,39)/b8-4+/t29-/m0/s1. The van der Waals surface area contributed by atoms with E-state index in [9.17, 15) is 22.4 Å². The van der Waals surface area contributed by atoms with E-state index in [0.29, 0.717) is 30.4 Å². The molecular formula is C30H29F4N3O4. The van der Waals surface area contributed by atoms with Gasteiger partial charge in [-0.05, 0) is 53.6 Å². The van der Waals surface area contributed by atoms with Crippen LogP contribution in [0.2, 0.25) is 0 Å². The number of nitrogens with one attached hydrogen (secondary N) is 2. The molecule has 0 spiro atoms. The van der Waals surface area contributed by atoms with Crippen LogP contribution in [0, 0.1) is 5.82 Å². The van der Waals surface area contributed by atoms with Crippen molar-refractivity contribution in [2.24, 2.45) is 4.99 Å². The van der Waals surface area contributed by atoms with Gasteiger partial charge in [-0.3, -0.25) is 10.2 Å². The SMILES string of the molecule is O=C(NNCc1cc(F)cc(C(F)(F)F)c1)[C@]1(C/C=C/c2ccccc2)COC(c2ccc(OCCCO)cc2)=N1. The van der Waals surface area contributed by atoms with Crippen molar-refractivity contribution in [3.05, 3.63) is 107 Å². The molecule has 0 bridgehead atoms. The average Bonchev–Trinajstić information content (AvgIpc) is 3.39. The zero-order chi connectivity index (χ0) is 29.3. The fourth-order valence-electron chi connectivity index (χ4n) is 4.07. The summed E-state index contributed by atoms with van der Waals surface area (Å²) >= 11 is 0. The van der Waals surface area contributed by atoms with Crippen LogP contribution in [0.15, 0.2) is 83.9 Å². The van der Waals surface area contributed by atoms with Gasteiger partial charge in [-0.2, -0.15) is 13.2 Å². The van der Waals surface area contributed by atoms with E-state index in [1.165, 1.54) is 0 Å². The molecule has 0 fully saturated rings. The predicted molar refractivity (Wildman–Crippen MR) is 145 cm³/mol. The van der Waals surface area contributed by atoms with Gasteiger partial charge in [-0.25, -0.2) is 14.8 Å². The molecule has 1 aliphatic rings. The maximum Gasteiger partial charge on any atom is 0.416 e. The van der Waals surface area contributed by atoms with Crippen LogP contribution in [0.5, 0.6) is 5.75 Å². The molecule has 1 atom stereocenters. The van der Waals surface area contributed by atoms with E-state index in [1.54, 1.807) is 30.3 Å². The van der Waals surface area contributed by atoms with Crippen LogP contribution in [-0.2, 0) is 22.3 Å². The molecule has 3 aromatic carbocycles. The molecule has 0 aliphatic carbocycles. The highest BCUT2D eigenvalue weighted by Crippen LogP contribution is 2.31. The average molecular weight is 572 g/mol. The number of rotatable bonds is 12. The number of hydrogen-bond donors (Lipinski definition) is 3. The number of carbonyl (C=O) groups excluding carboxylic acids is 1. The number of amides is 1. The van der Waals surface area contributed by atoms with Crippen LogP contribution in [-0.4, -0.2) is 42.3 Å². The number of aliphatic hydroxyl groups is 1. The third-order valence-corrected chi connectivity index (χ3v) is 6.20. The minimum Gasteiger partial charge on any atom is -0.494 e. The van der Waals surface area contributed by atoms with Gasteiger partial charge in [-0.1, -0.05) is 42.5 Å². The lowest BCUT2D eigenvalue weighted by molar-refractivity contribution is -0.137. The molecular weight excluding hydrogens is 542 g/mol. The molecule has 1 aliphatic heterocycles. The van der Waals surface area contributed by atoms with E-state index in [-0.39, 0.29) is 37.6 Å². The van der Waals surface area contributed by atoms with Crippen LogP contribution >= 0.6 is 0 Å². The Morgan fingerprint density at radius 2 is 1.85 bits per heavy atom. The van der Waals surface area contributed by atoms with Crippen molar-refractivity contribution in [1.29, 1.82) is 0 Å². The topological polar surface area (TPSA) is 92.2 Å². The molecule has 0 radical (unpaired) electrons. The second-order valence-corrected chi connectivity index (χ2v) is 9.36. The molecule has 41 heavy (non-hydrogen) atoms. The van der Waals surface area contributed by atoms with Crippen LogP contribution in [0.1, 0.15) is 35.1 Å². The molecule has 3 N–H and O–H groups in total. The van der Waals surface area contributed by atoms with Gasteiger partial charge in [0.1, 0.15) is 18.2 Å². The second-order valence-electron chi connectivity index (χ2n) is 9.36. The van der Waals surface area contributed by atoms with Crippen LogP contribution < -0.4 is 15.6 Å². The van der Waals surface area contributed by atoms with E-state index >= 15 is 0 Å². The molecule has 4 rings (SSSR count). The van der Waals surface area contributed by atoms with Crippen LogP contribution in [0.4, 0.5) is 17.6 Å². The first kappa shape index (κ1) is 29.8. The summed E-state index contributed by atoms with van der Waals surface area (Å²) in [7, 11) is 0. The maximum atomic E-state index is 13.8. The summed E-state index contributed by atoms with van der Waals surface area (Å²) in [5, 5.41) is 8.91. The number of alkyl halides is 3. The Morgan fingerprint density at radius 3 is 2.56 bits per heavy atom. The summed E-state index contributed by atoms with van der Waals surface area (Å²) in [6, 6.07) is 18.6. The van der Waals surface area contributed by atoms with Gasteiger partial charge in [0.05, 0.1) is 12.2 Å². The first-order chi connectivity index (χ1) is 19.7. The minimum atomic E-state index is -4.70.